The van der Waals surface area contributed by atoms with Crippen molar-refractivity contribution in [3.05, 3.63) is 41.5 Å². The number of amides is 1. The molecule has 0 unspecified atom stereocenters. The van der Waals surface area contributed by atoms with Crippen molar-refractivity contribution in [2.75, 3.05) is 13.1 Å². The van der Waals surface area contributed by atoms with Gasteiger partial charge < -0.3 is 4.90 Å². The zero-order valence-corrected chi connectivity index (χ0v) is 13.9. The lowest BCUT2D eigenvalue weighted by Crippen LogP contribution is -2.30. The summed E-state index contributed by atoms with van der Waals surface area (Å²) in [5.41, 5.74) is 0.0986. The van der Waals surface area contributed by atoms with Crippen LogP contribution >= 0.6 is 0 Å². The first kappa shape index (κ1) is 15.0. The number of hydrogen-bond donors (Lipinski definition) is 1. The van der Waals surface area contributed by atoms with E-state index in [-0.39, 0.29) is 17.4 Å². The van der Waals surface area contributed by atoms with Crippen LogP contribution in [0.25, 0.3) is 0 Å². The lowest BCUT2D eigenvalue weighted by Gasteiger charge is -2.16. The Morgan fingerprint density at radius 2 is 2.08 bits per heavy atom. The number of carbonyl (C=O) groups is 1. The van der Waals surface area contributed by atoms with Crippen LogP contribution in [-0.2, 0) is 0 Å². The summed E-state index contributed by atoms with van der Waals surface area (Å²) in [6, 6.07) is 1.46. The summed E-state index contributed by atoms with van der Waals surface area (Å²) in [5, 5.41) is 7.48. The van der Waals surface area contributed by atoms with Crippen LogP contribution in [-0.4, -0.2) is 44.1 Å². The van der Waals surface area contributed by atoms with Gasteiger partial charge in [-0.3, -0.25) is 14.9 Å². The van der Waals surface area contributed by atoms with Crippen molar-refractivity contribution < 1.29 is 9.18 Å². The molecule has 0 aromatic carbocycles. The van der Waals surface area contributed by atoms with Gasteiger partial charge >= 0.3 is 0 Å². The van der Waals surface area contributed by atoms with Crippen molar-refractivity contribution in [1.29, 1.82) is 0 Å². The lowest BCUT2D eigenvalue weighted by atomic mass is 9.91. The standard InChI is InChI=1S/C18H20FN5O/c19-15-7-20-6-5-12(15)18(25)24-8-13(10-1-2-10)14(9-24)17-21-16(22-23-17)11-3-4-11/h5-7,10-11,13-14H,1-4,8-9H2,(H,21,22,23)/t13-,14+/m1/s1. The molecule has 3 aliphatic rings. The molecular weight excluding hydrogens is 321 g/mol. The van der Waals surface area contributed by atoms with E-state index < -0.39 is 5.82 Å². The van der Waals surface area contributed by atoms with E-state index in [9.17, 15) is 9.18 Å². The minimum absolute atomic E-state index is 0.0986. The van der Waals surface area contributed by atoms with Crippen molar-refractivity contribution in [2.45, 2.75) is 37.5 Å². The third kappa shape index (κ3) is 2.71. The number of carbonyl (C=O) groups excluding carboxylic acids is 1. The molecule has 2 atom stereocenters. The lowest BCUT2D eigenvalue weighted by molar-refractivity contribution is 0.0780. The molecule has 2 aromatic rings. The van der Waals surface area contributed by atoms with Gasteiger partial charge in [-0.05, 0) is 43.6 Å². The molecule has 5 rings (SSSR count). The first-order valence-corrected chi connectivity index (χ1v) is 9.01. The number of nitrogens with one attached hydrogen (secondary N) is 1. The highest BCUT2D eigenvalue weighted by molar-refractivity contribution is 5.94. The van der Waals surface area contributed by atoms with Crippen molar-refractivity contribution in [3.63, 3.8) is 0 Å². The van der Waals surface area contributed by atoms with Crippen LogP contribution in [0.4, 0.5) is 4.39 Å². The van der Waals surface area contributed by atoms with E-state index in [1.54, 1.807) is 4.90 Å². The number of aromatic amines is 1. The van der Waals surface area contributed by atoms with Crippen molar-refractivity contribution in [2.24, 2.45) is 11.8 Å². The Morgan fingerprint density at radius 3 is 2.80 bits per heavy atom. The summed E-state index contributed by atoms with van der Waals surface area (Å²) in [7, 11) is 0. The average Bonchev–Trinajstić information content (AvgIpc) is 3.55. The summed E-state index contributed by atoms with van der Waals surface area (Å²) in [5.74, 6) is 2.69. The van der Waals surface area contributed by atoms with Crippen LogP contribution < -0.4 is 0 Å². The maximum atomic E-state index is 13.9. The van der Waals surface area contributed by atoms with Crippen molar-refractivity contribution >= 4 is 5.91 Å². The number of likely N-dealkylation sites (tertiary alicyclic amines) is 1. The molecule has 3 heterocycles. The Morgan fingerprint density at radius 1 is 1.24 bits per heavy atom. The van der Waals surface area contributed by atoms with E-state index in [0.29, 0.717) is 30.8 Å². The van der Waals surface area contributed by atoms with Gasteiger partial charge in [-0.25, -0.2) is 9.37 Å². The molecule has 2 aliphatic carbocycles. The number of pyridine rings is 1. The Bertz CT molecular complexity index is 813. The molecule has 2 aromatic heterocycles. The summed E-state index contributed by atoms with van der Waals surface area (Å²) in [4.78, 5) is 23.0. The third-order valence-corrected chi connectivity index (χ3v) is 5.70. The first-order valence-electron chi connectivity index (χ1n) is 9.01. The van der Waals surface area contributed by atoms with Gasteiger partial charge in [-0.15, -0.1) is 0 Å². The monoisotopic (exact) mass is 341 g/mol. The van der Waals surface area contributed by atoms with E-state index in [1.807, 2.05) is 0 Å². The summed E-state index contributed by atoms with van der Waals surface area (Å²) in [6.45, 7) is 1.23. The van der Waals surface area contributed by atoms with Crippen molar-refractivity contribution in [1.82, 2.24) is 25.1 Å². The second-order valence-corrected chi connectivity index (χ2v) is 7.53. The Balaban J connectivity index is 1.40. The highest BCUT2D eigenvalue weighted by Gasteiger charge is 2.46. The molecule has 6 nitrogen and oxygen atoms in total. The number of hydrogen-bond acceptors (Lipinski definition) is 4. The highest BCUT2D eigenvalue weighted by atomic mass is 19.1. The van der Waals surface area contributed by atoms with Gasteiger partial charge in [0.15, 0.2) is 11.6 Å². The van der Waals surface area contributed by atoms with E-state index in [1.165, 1.54) is 37.9 Å². The molecule has 1 amide bonds. The predicted octanol–water partition coefficient (Wildman–Crippen LogP) is 2.48. The van der Waals surface area contributed by atoms with Crippen LogP contribution in [0.15, 0.2) is 18.5 Å². The summed E-state index contributed by atoms with van der Waals surface area (Å²) >= 11 is 0. The van der Waals surface area contributed by atoms with E-state index in [4.69, 9.17) is 4.98 Å². The van der Waals surface area contributed by atoms with Gasteiger partial charge in [-0.2, -0.15) is 5.10 Å². The maximum Gasteiger partial charge on any atom is 0.256 e. The normalized spacial score (nSPS) is 26.2. The molecule has 25 heavy (non-hydrogen) atoms. The average molecular weight is 341 g/mol. The SMILES string of the molecule is O=C(c1ccncc1F)N1C[C@H](c2nc(C3CC3)n[nH]2)[C@@H](C2CC2)C1. The van der Waals surface area contributed by atoms with Gasteiger partial charge in [0.1, 0.15) is 5.82 Å². The minimum atomic E-state index is -0.561. The third-order valence-electron chi connectivity index (χ3n) is 5.70. The zero-order valence-electron chi connectivity index (χ0n) is 13.9. The number of nitrogens with zero attached hydrogens (tertiary/aromatic N) is 4. The molecule has 1 N–H and O–H groups in total. The molecule has 130 valence electrons. The summed E-state index contributed by atoms with van der Waals surface area (Å²) < 4.78 is 13.9. The zero-order chi connectivity index (χ0) is 17.0. The maximum absolute atomic E-state index is 13.9. The van der Waals surface area contributed by atoms with Crippen LogP contribution in [0.1, 0.15) is 59.5 Å². The molecular formula is C18H20FN5O. The molecule has 1 aliphatic heterocycles. The van der Waals surface area contributed by atoms with Crippen LogP contribution in [0.2, 0.25) is 0 Å². The Kier molecular flexibility index (Phi) is 3.36. The molecule has 0 bridgehead atoms. The van der Waals surface area contributed by atoms with E-state index >= 15 is 0 Å². The van der Waals surface area contributed by atoms with Gasteiger partial charge in [0.2, 0.25) is 0 Å². The highest BCUT2D eigenvalue weighted by Crippen LogP contribution is 2.47. The predicted molar refractivity (Wildman–Crippen MR) is 87.4 cm³/mol. The fraction of sp³-hybridized carbons (Fsp3) is 0.556. The minimum Gasteiger partial charge on any atom is -0.337 e. The molecule has 2 saturated carbocycles. The van der Waals surface area contributed by atoms with Gasteiger partial charge in [0.05, 0.1) is 11.8 Å². The Labute approximate surface area is 144 Å². The second kappa shape index (κ2) is 5.61. The van der Waals surface area contributed by atoms with Gasteiger partial charge in [0.25, 0.3) is 5.91 Å². The molecule has 7 heteroatoms. The van der Waals surface area contributed by atoms with Crippen LogP contribution in [0, 0.1) is 17.7 Å². The van der Waals surface area contributed by atoms with Gasteiger partial charge in [-0.1, -0.05) is 0 Å². The van der Waals surface area contributed by atoms with Crippen LogP contribution in [0.5, 0.6) is 0 Å². The molecule has 0 spiro atoms. The van der Waals surface area contributed by atoms with Crippen molar-refractivity contribution in [3.8, 4) is 0 Å². The first-order chi connectivity index (χ1) is 12.2. The molecule has 1 saturated heterocycles. The van der Waals surface area contributed by atoms with E-state index in [2.05, 4.69) is 15.2 Å². The molecule has 3 fully saturated rings. The fourth-order valence-corrected chi connectivity index (χ4v) is 3.98. The van der Waals surface area contributed by atoms with E-state index in [0.717, 1.165) is 17.8 Å². The molecule has 0 radical (unpaired) electrons. The quantitative estimate of drug-likeness (QED) is 0.927. The number of halogens is 1. The van der Waals surface area contributed by atoms with Crippen LogP contribution in [0.3, 0.4) is 0 Å². The largest absolute Gasteiger partial charge is 0.337 e. The number of rotatable bonds is 4. The summed E-state index contributed by atoms with van der Waals surface area (Å²) in [6.07, 6.45) is 7.30. The van der Waals surface area contributed by atoms with Gasteiger partial charge in [0, 0.05) is 31.1 Å². The topological polar surface area (TPSA) is 74.8 Å². The smallest absolute Gasteiger partial charge is 0.256 e. The number of aromatic nitrogens is 4. The second-order valence-electron chi connectivity index (χ2n) is 7.53. The number of H-pyrrole nitrogens is 1. The fourth-order valence-electron chi connectivity index (χ4n) is 3.98. The Hall–Kier alpha value is -2.31.